The van der Waals surface area contributed by atoms with Crippen LogP contribution in [0.4, 0.5) is 22.7 Å². The van der Waals surface area contributed by atoms with Gasteiger partial charge in [-0.15, -0.1) is 0 Å². The fourth-order valence-electron chi connectivity index (χ4n) is 2.02. The van der Waals surface area contributed by atoms with E-state index in [4.69, 9.17) is 11.5 Å². The monoisotopic (exact) mass is 680 g/mol. The van der Waals surface area contributed by atoms with Crippen LogP contribution in [0.2, 0.25) is 0 Å². The predicted molar refractivity (Wildman–Crippen MR) is 111 cm³/mol. The maximum absolute atomic E-state index is 12.1. The minimum absolute atomic E-state index is 0.00678. The quantitative estimate of drug-likeness (QED) is 0.123. The molecule has 0 heterocycles. The zero-order valence-electron chi connectivity index (χ0n) is 11.9. The summed E-state index contributed by atoms with van der Waals surface area (Å²) in [6.45, 7) is 0. The molecular weight excluding hydrogens is 668 g/mol. The molecule has 0 radical (unpaired) electrons. The third-order valence-corrected chi connectivity index (χ3v) is 12.5. The zero-order chi connectivity index (χ0) is 18.3. The van der Waals surface area contributed by atoms with Crippen LogP contribution in [0.15, 0.2) is 36.4 Å². The number of benzene rings is 2. The molecule has 0 aliphatic rings. The van der Waals surface area contributed by atoms with E-state index in [-0.39, 0.29) is 31.5 Å². The molecule has 128 valence electrons. The number of halogens is 2. The molecule has 8 nitrogen and oxygen atoms in total. The number of anilines is 2. The molecule has 2 aromatic rings. The molecule has 24 heavy (non-hydrogen) atoms. The van der Waals surface area contributed by atoms with Gasteiger partial charge in [0.1, 0.15) is 0 Å². The Hall–Kier alpha value is -0.263. The van der Waals surface area contributed by atoms with E-state index in [2.05, 4.69) is 0 Å². The molecule has 0 aliphatic heterocycles. The van der Waals surface area contributed by atoms with Gasteiger partial charge in [0.15, 0.2) is 0 Å². The molecule has 0 saturated heterocycles. The standard InChI is InChI=1S/C12H12As2I2N4O4/c15-13(21,22)9-3-1-7(17)5-11(9)20(19)12-6-8(18)2-4-10(12)14(16,23)24/h1-6H,17-18H2,(H,21,22)(H,23,24). The second-order valence-corrected chi connectivity index (χ2v) is 24.6. The Labute approximate surface area is 164 Å². The number of nitrogens with zero attached hydrogens (tertiary/aromatic N) is 2. The third-order valence-electron chi connectivity index (χ3n) is 3.05. The Morgan fingerprint density at radius 3 is 1.50 bits per heavy atom. The Morgan fingerprint density at radius 1 is 0.875 bits per heavy atom. The first kappa shape index (κ1) is 20.1. The molecule has 2 rings (SSSR count). The predicted octanol–water partition coefficient (Wildman–Crippen LogP) is 0.715. The number of hydrogen-bond acceptors (Lipinski definition) is 4. The molecule has 0 bridgehead atoms. The van der Waals surface area contributed by atoms with Gasteiger partial charge in [-0.1, -0.05) is 0 Å². The first-order chi connectivity index (χ1) is 10.9. The van der Waals surface area contributed by atoms with Crippen molar-refractivity contribution in [3.8, 4) is 0 Å². The molecule has 6 N–H and O–H groups in total. The minimum atomic E-state index is -4.43. The van der Waals surface area contributed by atoms with Crippen molar-refractivity contribution in [3.05, 3.63) is 41.9 Å². The fraction of sp³-hybridized carbons (Fsp3) is 0. The van der Waals surface area contributed by atoms with E-state index in [0.29, 0.717) is 4.70 Å². The topological polar surface area (TPSA) is 152 Å². The normalized spacial score (nSPS) is 16.2. The number of nitrogen functional groups attached to an aromatic ring is 2. The Balaban J connectivity index is 2.76. The second kappa shape index (κ2) is 7.16. The molecule has 0 spiro atoms. The van der Waals surface area contributed by atoms with Crippen molar-refractivity contribution >= 4 is 92.7 Å². The molecule has 0 fully saturated rings. The Kier molecular flexibility index (Phi) is 5.98. The molecule has 2 aromatic carbocycles. The summed E-state index contributed by atoms with van der Waals surface area (Å²) >= 11 is 2.86. The SMILES string of the molecule is [N-]=[N+](c1cc(N)ccc1[As](=O)(O)I)c1cc(N)ccc1[As](=O)(O)I. The van der Waals surface area contributed by atoms with Crippen molar-refractivity contribution in [3.63, 3.8) is 0 Å². The third kappa shape index (κ3) is 4.47. The van der Waals surface area contributed by atoms with Gasteiger partial charge in [-0.25, -0.2) is 0 Å². The van der Waals surface area contributed by atoms with Gasteiger partial charge in [-0.05, 0) is 0 Å². The van der Waals surface area contributed by atoms with Gasteiger partial charge in [-0.3, -0.25) is 0 Å². The second-order valence-electron chi connectivity index (χ2n) is 4.81. The summed E-state index contributed by atoms with van der Waals surface area (Å²) in [5, 5.41) is 0. The summed E-state index contributed by atoms with van der Waals surface area (Å²) in [7, 11) is -8.87. The maximum atomic E-state index is 12.1. The molecule has 2 atom stereocenters. The van der Waals surface area contributed by atoms with Crippen LogP contribution in [-0.2, 0) is 7.48 Å². The average molecular weight is 680 g/mol. The summed E-state index contributed by atoms with van der Waals surface area (Å²) in [5.41, 5.74) is 22.4. The van der Waals surface area contributed by atoms with E-state index in [1.54, 1.807) is 0 Å². The van der Waals surface area contributed by atoms with Crippen LogP contribution >= 0.6 is 40.3 Å². The van der Waals surface area contributed by atoms with Crippen molar-refractivity contribution in [1.82, 2.24) is 4.70 Å². The van der Waals surface area contributed by atoms with Gasteiger partial charge in [0, 0.05) is 0 Å². The Morgan fingerprint density at radius 2 is 1.21 bits per heavy atom. The van der Waals surface area contributed by atoms with E-state index in [1.807, 2.05) is 0 Å². The van der Waals surface area contributed by atoms with Crippen LogP contribution in [0.1, 0.15) is 0 Å². The first-order valence-corrected chi connectivity index (χ1v) is 22.8. The van der Waals surface area contributed by atoms with E-state index in [9.17, 15) is 21.2 Å². The fourth-order valence-corrected chi connectivity index (χ4v) is 9.19. The molecule has 2 unspecified atom stereocenters. The van der Waals surface area contributed by atoms with E-state index >= 15 is 0 Å². The number of hydrogen-bond donors (Lipinski definition) is 4. The van der Waals surface area contributed by atoms with Crippen LogP contribution < -0.4 is 24.9 Å². The number of nitrogens with two attached hydrogens (primary N) is 2. The van der Waals surface area contributed by atoms with Crippen LogP contribution in [0.3, 0.4) is 0 Å². The van der Waals surface area contributed by atoms with E-state index in [1.165, 1.54) is 76.7 Å². The van der Waals surface area contributed by atoms with Crippen molar-refractivity contribution < 1.29 is 15.7 Å². The van der Waals surface area contributed by atoms with Crippen LogP contribution in [-0.4, -0.2) is 29.2 Å². The van der Waals surface area contributed by atoms with Gasteiger partial charge < -0.3 is 0 Å². The van der Waals surface area contributed by atoms with Crippen molar-refractivity contribution in [2.45, 2.75) is 0 Å². The molecule has 0 saturated carbocycles. The molecule has 0 aliphatic carbocycles. The molecular formula is C12H12As2I2N4O4. The molecule has 0 aromatic heterocycles. The van der Waals surface area contributed by atoms with Gasteiger partial charge >= 0.3 is 166 Å². The van der Waals surface area contributed by atoms with E-state index < -0.39 is 21.0 Å². The van der Waals surface area contributed by atoms with Crippen LogP contribution in [0.25, 0.3) is 5.53 Å². The van der Waals surface area contributed by atoms with Crippen molar-refractivity contribution in [1.29, 1.82) is 0 Å². The van der Waals surface area contributed by atoms with Crippen LogP contribution in [0, 0.1) is 0 Å². The van der Waals surface area contributed by atoms with Gasteiger partial charge in [-0.2, -0.15) is 0 Å². The van der Waals surface area contributed by atoms with Crippen molar-refractivity contribution in [2.75, 3.05) is 11.5 Å². The number of rotatable bonds is 4. The summed E-state index contributed by atoms with van der Waals surface area (Å²) in [4.78, 5) is 0. The van der Waals surface area contributed by atoms with Gasteiger partial charge in [0.25, 0.3) is 0 Å². The first-order valence-electron chi connectivity index (χ1n) is 6.25. The summed E-state index contributed by atoms with van der Waals surface area (Å²) < 4.78 is 44.7. The summed E-state index contributed by atoms with van der Waals surface area (Å²) in [6.07, 6.45) is 0. The summed E-state index contributed by atoms with van der Waals surface area (Å²) in [5.74, 6) is 0. The Bertz CT molecular complexity index is 852. The summed E-state index contributed by atoms with van der Waals surface area (Å²) in [6, 6.07) is 8.20. The van der Waals surface area contributed by atoms with E-state index in [0.717, 1.165) is 0 Å². The zero-order valence-corrected chi connectivity index (χ0v) is 19.9. The van der Waals surface area contributed by atoms with Crippen molar-refractivity contribution in [2.24, 2.45) is 0 Å². The van der Waals surface area contributed by atoms with Gasteiger partial charge in [0.2, 0.25) is 0 Å². The van der Waals surface area contributed by atoms with Gasteiger partial charge in [0.05, 0.1) is 0 Å². The average Bonchev–Trinajstić information content (AvgIpc) is 2.43. The molecule has 12 heteroatoms. The van der Waals surface area contributed by atoms with Crippen LogP contribution in [0.5, 0.6) is 0 Å². The molecule has 0 amide bonds.